The first-order valence-corrected chi connectivity index (χ1v) is 7.89. The fourth-order valence-corrected chi connectivity index (χ4v) is 3.44. The number of benzene rings is 1. The van der Waals surface area contributed by atoms with Gasteiger partial charge in [0, 0.05) is 12.6 Å². The van der Waals surface area contributed by atoms with Crippen molar-refractivity contribution in [2.45, 2.75) is 51.5 Å². The highest BCUT2D eigenvalue weighted by molar-refractivity contribution is 6.33. The summed E-state index contributed by atoms with van der Waals surface area (Å²) in [7, 11) is 0. The Morgan fingerprint density at radius 2 is 2.16 bits per heavy atom. The summed E-state index contributed by atoms with van der Waals surface area (Å²) in [4.78, 5) is 2.54. The van der Waals surface area contributed by atoms with E-state index in [4.69, 9.17) is 17.3 Å². The lowest BCUT2D eigenvalue weighted by Gasteiger charge is -2.34. The van der Waals surface area contributed by atoms with Gasteiger partial charge in [0.1, 0.15) is 0 Å². The Balaban J connectivity index is 2.36. The lowest BCUT2D eigenvalue weighted by molar-refractivity contribution is 0.555. The summed E-state index contributed by atoms with van der Waals surface area (Å²) in [5.41, 5.74) is 8.29. The summed E-state index contributed by atoms with van der Waals surface area (Å²) >= 11 is 6.49. The summed E-state index contributed by atoms with van der Waals surface area (Å²) in [5.74, 6) is 0. The zero-order chi connectivity index (χ0) is 13.7. The molecular formula is C16H25ClN2. The molecule has 1 saturated heterocycles. The Kier molecular flexibility index (Phi) is 5.53. The van der Waals surface area contributed by atoms with E-state index in [1.165, 1.54) is 43.4 Å². The van der Waals surface area contributed by atoms with Crippen molar-refractivity contribution in [3.05, 3.63) is 28.8 Å². The van der Waals surface area contributed by atoms with Crippen molar-refractivity contribution in [1.82, 2.24) is 0 Å². The first-order chi connectivity index (χ1) is 9.27. The molecule has 0 radical (unpaired) electrons. The number of nitrogens with two attached hydrogens (primary N) is 1. The standard InChI is InChI=1S/C16H25ClN2/c1-2-14-8-4-3-5-12-19(14)16-13(10-11-18)7-6-9-15(16)17/h6-7,9,14H,2-5,8,10-12,18H2,1H3. The summed E-state index contributed by atoms with van der Waals surface area (Å²) in [6.45, 7) is 4.08. The van der Waals surface area contributed by atoms with E-state index in [1.54, 1.807) is 0 Å². The molecule has 0 spiro atoms. The van der Waals surface area contributed by atoms with Gasteiger partial charge in [-0.1, -0.05) is 43.5 Å². The summed E-state index contributed by atoms with van der Waals surface area (Å²) in [6, 6.07) is 6.84. The average Bonchev–Trinajstić information content (AvgIpc) is 2.64. The van der Waals surface area contributed by atoms with Crippen LogP contribution in [0, 0.1) is 0 Å². The molecule has 0 amide bonds. The van der Waals surface area contributed by atoms with Gasteiger partial charge < -0.3 is 10.6 Å². The molecule has 0 saturated carbocycles. The van der Waals surface area contributed by atoms with Crippen LogP contribution in [0.3, 0.4) is 0 Å². The minimum Gasteiger partial charge on any atom is -0.367 e. The fourth-order valence-electron chi connectivity index (χ4n) is 3.14. The third kappa shape index (κ3) is 3.43. The molecular weight excluding hydrogens is 256 g/mol. The number of hydrogen-bond acceptors (Lipinski definition) is 2. The fraction of sp³-hybridized carbons (Fsp3) is 0.625. The number of hydrogen-bond donors (Lipinski definition) is 1. The lowest BCUT2D eigenvalue weighted by atomic mass is 10.0. The van der Waals surface area contributed by atoms with E-state index in [0.717, 1.165) is 18.0 Å². The van der Waals surface area contributed by atoms with Gasteiger partial charge in [-0.25, -0.2) is 0 Å². The second-order valence-electron chi connectivity index (χ2n) is 5.39. The van der Waals surface area contributed by atoms with Crippen molar-refractivity contribution < 1.29 is 0 Å². The van der Waals surface area contributed by atoms with Crippen LogP contribution in [0.25, 0.3) is 0 Å². The number of rotatable bonds is 4. The van der Waals surface area contributed by atoms with E-state index >= 15 is 0 Å². The largest absolute Gasteiger partial charge is 0.367 e. The van der Waals surface area contributed by atoms with Gasteiger partial charge in [0.15, 0.2) is 0 Å². The van der Waals surface area contributed by atoms with E-state index in [1.807, 2.05) is 12.1 Å². The Labute approximate surface area is 121 Å². The van der Waals surface area contributed by atoms with Crippen molar-refractivity contribution in [3.63, 3.8) is 0 Å². The second kappa shape index (κ2) is 7.16. The summed E-state index contributed by atoms with van der Waals surface area (Å²) in [6.07, 6.45) is 7.32. The molecule has 19 heavy (non-hydrogen) atoms. The van der Waals surface area contributed by atoms with Crippen molar-refractivity contribution >= 4 is 17.3 Å². The molecule has 0 bridgehead atoms. The van der Waals surface area contributed by atoms with E-state index in [2.05, 4.69) is 17.9 Å². The first kappa shape index (κ1) is 14.7. The van der Waals surface area contributed by atoms with Crippen molar-refractivity contribution in [2.24, 2.45) is 5.73 Å². The number of halogens is 1. The lowest BCUT2D eigenvalue weighted by Crippen LogP contribution is -2.35. The maximum Gasteiger partial charge on any atom is 0.0642 e. The normalized spacial score (nSPS) is 20.4. The summed E-state index contributed by atoms with van der Waals surface area (Å²) < 4.78 is 0. The highest BCUT2D eigenvalue weighted by Crippen LogP contribution is 2.35. The molecule has 2 N–H and O–H groups in total. The van der Waals surface area contributed by atoms with Crippen LogP contribution in [0.15, 0.2) is 18.2 Å². The molecule has 1 aromatic carbocycles. The number of nitrogens with zero attached hydrogens (tertiary/aromatic N) is 1. The average molecular weight is 281 g/mol. The molecule has 1 unspecified atom stereocenters. The minimum absolute atomic E-state index is 0.624. The smallest absolute Gasteiger partial charge is 0.0642 e. The maximum absolute atomic E-state index is 6.49. The highest BCUT2D eigenvalue weighted by atomic mass is 35.5. The van der Waals surface area contributed by atoms with Crippen LogP contribution in [0.4, 0.5) is 5.69 Å². The van der Waals surface area contributed by atoms with Crippen LogP contribution in [0.5, 0.6) is 0 Å². The zero-order valence-corrected chi connectivity index (χ0v) is 12.6. The predicted octanol–water partition coefficient (Wildman–Crippen LogP) is 4.00. The third-order valence-corrected chi connectivity index (χ3v) is 4.42. The molecule has 1 aromatic rings. The van der Waals surface area contributed by atoms with E-state index in [-0.39, 0.29) is 0 Å². The molecule has 2 rings (SSSR count). The van der Waals surface area contributed by atoms with Crippen molar-refractivity contribution in [1.29, 1.82) is 0 Å². The Bertz CT molecular complexity index is 406. The van der Waals surface area contributed by atoms with E-state index in [9.17, 15) is 0 Å². The maximum atomic E-state index is 6.49. The number of para-hydroxylation sites is 1. The molecule has 0 aliphatic carbocycles. The van der Waals surface area contributed by atoms with Crippen LogP contribution in [-0.4, -0.2) is 19.1 Å². The van der Waals surface area contributed by atoms with Gasteiger partial charge in [0.05, 0.1) is 10.7 Å². The second-order valence-corrected chi connectivity index (χ2v) is 5.80. The quantitative estimate of drug-likeness (QED) is 0.903. The van der Waals surface area contributed by atoms with E-state index in [0.29, 0.717) is 12.6 Å². The first-order valence-electron chi connectivity index (χ1n) is 7.52. The molecule has 1 aliphatic heterocycles. The molecule has 106 valence electrons. The van der Waals surface area contributed by atoms with Crippen LogP contribution in [0.2, 0.25) is 5.02 Å². The van der Waals surface area contributed by atoms with Crippen LogP contribution < -0.4 is 10.6 Å². The minimum atomic E-state index is 0.624. The van der Waals surface area contributed by atoms with Gasteiger partial charge in [-0.15, -0.1) is 0 Å². The molecule has 1 aliphatic rings. The van der Waals surface area contributed by atoms with Gasteiger partial charge in [-0.2, -0.15) is 0 Å². The van der Waals surface area contributed by atoms with E-state index < -0.39 is 0 Å². The van der Waals surface area contributed by atoms with Gasteiger partial charge in [-0.05, 0) is 43.9 Å². The molecule has 1 fully saturated rings. The van der Waals surface area contributed by atoms with Gasteiger partial charge in [0.25, 0.3) is 0 Å². The highest BCUT2D eigenvalue weighted by Gasteiger charge is 2.23. The SMILES string of the molecule is CCC1CCCCCN1c1c(Cl)cccc1CCN. The van der Waals surface area contributed by atoms with Gasteiger partial charge >= 0.3 is 0 Å². The molecule has 3 heteroatoms. The Hall–Kier alpha value is -0.730. The monoisotopic (exact) mass is 280 g/mol. The van der Waals surface area contributed by atoms with Crippen LogP contribution in [-0.2, 0) is 6.42 Å². The molecule has 0 aromatic heterocycles. The number of anilines is 1. The predicted molar refractivity (Wildman–Crippen MR) is 84.1 cm³/mol. The summed E-state index contributed by atoms with van der Waals surface area (Å²) in [5, 5.41) is 0.881. The zero-order valence-electron chi connectivity index (χ0n) is 11.9. The molecule has 1 atom stereocenters. The topological polar surface area (TPSA) is 29.3 Å². The Morgan fingerprint density at radius 1 is 1.32 bits per heavy atom. The van der Waals surface area contributed by atoms with Crippen molar-refractivity contribution in [3.8, 4) is 0 Å². The van der Waals surface area contributed by atoms with Crippen LogP contribution in [0.1, 0.15) is 44.6 Å². The Morgan fingerprint density at radius 3 is 2.89 bits per heavy atom. The van der Waals surface area contributed by atoms with Crippen LogP contribution >= 0.6 is 11.6 Å². The van der Waals surface area contributed by atoms with Gasteiger partial charge in [0.2, 0.25) is 0 Å². The molecule has 1 heterocycles. The van der Waals surface area contributed by atoms with Gasteiger partial charge in [-0.3, -0.25) is 0 Å². The molecule has 2 nitrogen and oxygen atoms in total. The van der Waals surface area contributed by atoms with Crippen molar-refractivity contribution in [2.75, 3.05) is 18.0 Å². The third-order valence-electron chi connectivity index (χ3n) is 4.12.